The Balaban J connectivity index is 1.38. The van der Waals surface area contributed by atoms with E-state index in [-0.39, 0.29) is 12.4 Å². The first kappa shape index (κ1) is 26.1. The summed E-state index contributed by atoms with van der Waals surface area (Å²) in [6.07, 6.45) is 1.67. The molecule has 0 spiro atoms. The van der Waals surface area contributed by atoms with Crippen molar-refractivity contribution in [1.82, 2.24) is 4.98 Å². The molecule has 0 aliphatic rings. The number of allylic oxidation sites excluding steroid dienone is 1. The van der Waals surface area contributed by atoms with Gasteiger partial charge in [0.1, 0.15) is 16.7 Å². The monoisotopic (exact) mass is 598 g/mol. The zero-order chi connectivity index (χ0) is 27.4. The normalized spacial score (nSPS) is 11.3. The highest BCUT2D eigenvalue weighted by Crippen LogP contribution is 2.32. The number of ketones is 1. The predicted octanol–water partition coefficient (Wildman–Crippen LogP) is 7.01. The van der Waals surface area contributed by atoms with Gasteiger partial charge in [-0.2, -0.15) is 5.26 Å². The lowest BCUT2D eigenvalue weighted by Gasteiger charge is -2.11. The number of thiazole rings is 1. The maximum absolute atomic E-state index is 12.6. The van der Waals surface area contributed by atoms with Gasteiger partial charge in [0.25, 0.3) is 0 Å². The topological polar surface area (TPSA) is 102 Å². The number of methoxy groups -OCH3 is 1. The molecule has 192 valence electrons. The SMILES string of the molecule is COc1cc(/C=C(/C#N)c2nc(-c3cc4cc(Br)ccc4oc3=O)cs2)ccc1OCC(=O)c1ccccc1. The summed E-state index contributed by atoms with van der Waals surface area (Å²) in [6.45, 7) is -0.138. The van der Waals surface area contributed by atoms with Crippen molar-refractivity contribution in [3.8, 4) is 28.8 Å². The van der Waals surface area contributed by atoms with Crippen molar-refractivity contribution in [2.75, 3.05) is 13.7 Å². The molecule has 9 heteroatoms. The number of hydrogen-bond donors (Lipinski definition) is 0. The van der Waals surface area contributed by atoms with Crippen molar-refractivity contribution in [1.29, 1.82) is 5.26 Å². The number of hydrogen-bond acceptors (Lipinski definition) is 8. The second-order valence-electron chi connectivity index (χ2n) is 8.33. The standard InChI is InChI=1S/C30H19BrN2O5S/c1-36-28-12-18(7-9-27(28)37-16-25(34)19-5-3-2-4-6-19)11-21(15-32)29-33-24(17-39-29)23-14-20-13-22(31)8-10-26(20)38-30(23)35/h2-14,17H,16H2,1H3/b21-11-. The molecule has 5 aromatic rings. The average Bonchev–Trinajstić information content (AvgIpc) is 3.45. The van der Waals surface area contributed by atoms with E-state index in [1.165, 1.54) is 18.4 Å². The summed E-state index contributed by atoms with van der Waals surface area (Å²) in [6, 6.07) is 23.3. The van der Waals surface area contributed by atoms with Crippen molar-refractivity contribution in [3.05, 3.63) is 109 Å². The summed E-state index contributed by atoms with van der Waals surface area (Å²) < 4.78 is 17.5. The summed E-state index contributed by atoms with van der Waals surface area (Å²) in [5.41, 5.74) is 2.27. The Hall–Kier alpha value is -4.52. The zero-order valence-electron chi connectivity index (χ0n) is 20.5. The highest BCUT2D eigenvalue weighted by molar-refractivity contribution is 9.10. The van der Waals surface area contributed by atoms with Crippen LogP contribution in [-0.2, 0) is 0 Å². The zero-order valence-corrected chi connectivity index (χ0v) is 22.9. The van der Waals surface area contributed by atoms with E-state index in [1.54, 1.807) is 72.1 Å². The van der Waals surface area contributed by atoms with Gasteiger partial charge in [-0.3, -0.25) is 4.79 Å². The third kappa shape index (κ3) is 5.82. The number of nitrogens with zero attached hydrogens (tertiary/aromatic N) is 2. The number of rotatable bonds is 8. The Morgan fingerprint density at radius 2 is 1.92 bits per heavy atom. The minimum Gasteiger partial charge on any atom is -0.493 e. The summed E-state index contributed by atoms with van der Waals surface area (Å²) in [4.78, 5) is 29.5. The lowest BCUT2D eigenvalue weighted by atomic mass is 10.1. The fourth-order valence-corrected chi connectivity index (χ4v) is 5.01. The maximum atomic E-state index is 12.6. The van der Waals surface area contributed by atoms with Crippen LogP contribution in [0, 0.1) is 11.3 Å². The molecule has 0 amide bonds. The molecule has 39 heavy (non-hydrogen) atoms. The fraction of sp³-hybridized carbons (Fsp3) is 0.0667. The van der Waals surface area contributed by atoms with Crippen molar-refractivity contribution in [3.63, 3.8) is 0 Å². The van der Waals surface area contributed by atoms with E-state index in [4.69, 9.17) is 13.9 Å². The van der Waals surface area contributed by atoms with E-state index >= 15 is 0 Å². The van der Waals surface area contributed by atoms with Crippen molar-refractivity contribution < 1.29 is 18.7 Å². The first-order chi connectivity index (χ1) is 18.9. The molecular weight excluding hydrogens is 580 g/mol. The molecule has 0 aliphatic carbocycles. The molecule has 0 bridgehead atoms. The molecule has 3 aromatic carbocycles. The van der Waals surface area contributed by atoms with Crippen LogP contribution in [-0.4, -0.2) is 24.5 Å². The molecule has 0 fully saturated rings. The molecule has 7 nitrogen and oxygen atoms in total. The molecule has 0 radical (unpaired) electrons. The van der Waals surface area contributed by atoms with Gasteiger partial charge in [0.05, 0.1) is 23.9 Å². The Bertz CT molecular complexity index is 1820. The van der Waals surface area contributed by atoms with Crippen LogP contribution in [0.25, 0.3) is 33.9 Å². The predicted molar refractivity (Wildman–Crippen MR) is 154 cm³/mol. The molecular formula is C30H19BrN2O5S. The molecule has 0 saturated heterocycles. The Morgan fingerprint density at radius 3 is 2.69 bits per heavy atom. The molecule has 0 unspecified atom stereocenters. The number of fused-ring (bicyclic) bond motifs is 1. The molecule has 2 heterocycles. The number of aromatic nitrogens is 1. The molecule has 2 aromatic heterocycles. The van der Waals surface area contributed by atoms with Gasteiger partial charge in [-0.15, -0.1) is 11.3 Å². The van der Waals surface area contributed by atoms with Crippen LogP contribution < -0.4 is 15.1 Å². The molecule has 0 saturated carbocycles. The minimum absolute atomic E-state index is 0.138. The largest absolute Gasteiger partial charge is 0.493 e. The Kier molecular flexibility index (Phi) is 7.68. The number of ether oxygens (including phenoxy) is 2. The van der Waals surface area contributed by atoms with Crippen LogP contribution >= 0.6 is 27.3 Å². The lowest BCUT2D eigenvalue weighted by molar-refractivity contribution is 0.0919. The van der Waals surface area contributed by atoms with Crippen molar-refractivity contribution in [2.24, 2.45) is 0 Å². The maximum Gasteiger partial charge on any atom is 0.345 e. The summed E-state index contributed by atoms with van der Waals surface area (Å²) >= 11 is 4.68. The quantitative estimate of drug-likeness (QED) is 0.107. The van der Waals surface area contributed by atoms with Crippen LogP contribution in [0.2, 0.25) is 0 Å². The highest BCUT2D eigenvalue weighted by Gasteiger charge is 2.15. The number of carbonyl (C=O) groups excluding carboxylic acids is 1. The lowest BCUT2D eigenvalue weighted by Crippen LogP contribution is -2.11. The Labute approximate surface area is 235 Å². The summed E-state index contributed by atoms with van der Waals surface area (Å²) in [5, 5.41) is 12.8. The second kappa shape index (κ2) is 11.5. The van der Waals surface area contributed by atoms with Crippen LogP contribution in [0.3, 0.4) is 0 Å². The molecule has 5 rings (SSSR count). The second-order valence-corrected chi connectivity index (χ2v) is 10.1. The molecule has 0 N–H and O–H groups in total. The molecule has 0 atom stereocenters. The smallest absolute Gasteiger partial charge is 0.345 e. The van der Waals surface area contributed by atoms with Crippen LogP contribution in [0.5, 0.6) is 11.5 Å². The van der Waals surface area contributed by atoms with Gasteiger partial charge in [0.15, 0.2) is 23.9 Å². The number of halogens is 1. The third-order valence-electron chi connectivity index (χ3n) is 5.78. The van der Waals surface area contributed by atoms with E-state index in [1.807, 2.05) is 12.1 Å². The summed E-state index contributed by atoms with van der Waals surface area (Å²) in [7, 11) is 1.50. The first-order valence-corrected chi connectivity index (χ1v) is 13.3. The van der Waals surface area contributed by atoms with Gasteiger partial charge < -0.3 is 13.9 Å². The summed E-state index contributed by atoms with van der Waals surface area (Å²) in [5.74, 6) is 0.673. The van der Waals surface area contributed by atoms with Gasteiger partial charge >= 0.3 is 5.63 Å². The number of benzene rings is 3. The van der Waals surface area contributed by atoms with Gasteiger partial charge in [-0.1, -0.05) is 52.3 Å². The van der Waals surface area contributed by atoms with Gasteiger partial charge in [0.2, 0.25) is 0 Å². The highest BCUT2D eigenvalue weighted by atomic mass is 79.9. The van der Waals surface area contributed by atoms with Gasteiger partial charge in [-0.05, 0) is 48.0 Å². The molecule has 0 aliphatic heterocycles. The number of Topliss-reactive ketones (excluding diaryl/α,β-unsaturated/α-hetero) is 1. The Morgan fingerprint density at radius 1 is 1.10 bits per heavy atom. The van der Waals surface area contributed by atoms with E-state index in [9.17, 15) is 14.9 Å². The van der Waals surface area contributed by atoms with E-state index < -0.39 is 5.63 Å². The number of nitriles is 1. The fourth-order valence-electron chi connectivity index (χ4n) is 3.85. The van der Waals surface area contributed by atoms with E-state index in [0.717, 1.165) is 9.86 Å². The number of carbonyl (C=O) groups is 1. The first-order valence-electron chi connectivity index (χ1n) is 11.7. The van der Waals surface area contributed by atoms with Gasteiger partial charge in [-0.25, -0.2) is 9.78 Å². The van der Waals surface area contributed by atoms with Crippen LogP contribution in [0.15, 0.2) is 91.9 Å². The minimum atomic E-state index is -0.504. The third-order valence-corrected chi connectivity index (χ3v) is 7.15. The van der Waals surface area contributed by atoms with E-state index in [2.05, 4.69) is 27.0 Å². The van der Waals surface area contributed by atoms with Crippen molar-refractivity contribution >= 4 is 55.7 Å². The van der Waals surface area contributed by atoms with E-state index in [0.29, 0.717) is 50.0 Å². The van der Waals surface area contributed by atoms with Gasteiger partial charge in [0, 0.05) is 20.8 Å². The average molecular weight is 599 g/mol. The van der Waals surface area contributed by atoms with Crippen molar-refractivity contribution in [2.45, 2.75) is 0 Å². The van der Waals surface area contributed by atoms with Crippen LogP contribution in [0.4, 0.5) is 0 Å². The van der Waals surface area contributed by atoms with Crippen LogP contribution in [0.1, 0.15) is 20.9 Å².